The summed E-state index contributed by atoms with van der Waals surface area (Å²) in [5, 5.41) is 0. The molecule has 0 aromatic heterocycles. The quantitative estimate of drug-likeness (QED) is 0.838. The van der Waals surface area contributed by atoms with Gasteiger partial charge in [0, 0.05) is 7.05 Å². The molecule has 5 nitrogen and oxygen atoms in total. The van der Waals surface area contributed by atoms with Crippen LogP contribution < -0.4 is 4.74 Å². The average Bonchev–Trinajstić information content (AvgIpc) is 2.72. The molecule has 0 radical (unpaired) electrons. The molecule has 0 unspecified atom stereocenters. The zero-order chi connectivity index (χ0) is 15.7. The Morgan fingerprint density at radius 3 is 2.52 bits per heavy atom. The first-order chi connectivity index (χ1) is 9.72. The van der Waals surface area contributed by atoms with E-state index in [0.717, 1.165) is 0 Å². The lowest BCUT2D eigenvalue weighted by molar-refractivity contribution is -0.136. The van der Waals surface area contributed by atoms with Crippen LogP contribution in [-0.4, -0.2) is 49.9 Å². The van der Waals surface area contributed by atoms with Gasteiger partial charge in [0.2, 0.25) is 0 Å². The Bertz CT molecular complexity index is 629. The lowest BCUT2D eigenvalue weighted by atomic mass is 10.00. The summed E-state index contributed by atoms with van der Waals surface area (Å²) < 4.78 is 41.2. The Morgan fingerprint density at radius 1 is 1.38 bits per heavy atom. The highest BCUT2D eigenvalue weighted by molar-refractivity contribution is 7.91. The zero-order valence-electron chi connectivity index (χ0n) is 12.0. The van der Waals surface area contributed by atoms with E-state index < -0.39 is 15.4 Å². The molecule has 7 heteroatoms. The largest absolute Gasteiger partial charge is 0.484 e. The SMILES string of the molecule is CN(C(=O)COc1ccc(F)cc1)[C@]1(C)CCS(=O)(=O)C1. The molecular weight excluding hydrogens is 297 g/mol. The summed E-state index contributed by atoms with van der Waals surface area (Å²) in [6.45, 7) is 1.55. The number of carbonyl (C=O) groups is 1. The van der Waals surface area contributed by atoms with E-state index in [0.29, 0.717) is 12.2 Å². The van der Waals surface area contributed by atoms with Gasteiger partial charge in [0.05, 0.1) is 17.0 Å². The lowest BCUT2D eigenvalue weighted by Crippen LogP contribution is -2.49. The van der Waals surface area contributed by atoms with E-state index in [4.69, 9.17) is 4.74 Å². The molecule has 0 bridgehead atoms. The first-order valence-corrected chi connectivity index (χ1v) is 8.39. The van der Waals surface area contributed by atoms with Gasteiger partial charge in [-0.15, -0.1) is 0 Å². The summed E-state index contributed by atoms with van der Waals surface area (Å²) in [5.74, 6) is -0.227. The van der Waals surface area contributed by atoms with Crippen molar-refractivity contribution in [1.29, 1.82) is 0 Å². The highest BCUT2D eigenvalue weighted by atomic mass is 32.2. The normalized spacial score (nSPS) is 23.8. The lowest BCUT2D eigenvalue weighted by Gasteiger charge is -2.34. The minimum Gasteiger partial charge on any atom is -0.484 e. The maximum Gasteiger partial charge on any atom is 0.260 e. The molecule has 1 atom stereocenters. The van der Waals surface area contributed by atoms with Crippen LogP contribution in [0.2, 0.25) is 0 Å². The average molecular weight is 315 g/mol. The number of likely N-dealkylation sites (N-methyl/N-ethyl adjacent to an activating group) is 1. The second-order valence-electron chi connectivity index (χ2n) is 5.53. The third-order valence-electron chi connectivity index (χ3n) is 3.84. The molecule has 2 rings (SSSR count). The molecular formula is C14H18FNO4S. The standard InChI is InChI=1S/C14H18FNO4S/c1-14(7-8-21(18,19)10-14)16(2)13(17)9-20-12-5-3-11(15)4-6-12/h3-6H,7-10H2,1-2H3/t14-/m1/s1. The Hall–Kier alpha value is -1.63. The van der Waals surface area contributed by atoms with Crippen molar-refractivity contribution < 1.29 is 22.3 Å². The Labute approximate surface area is 123 Å². The Balaban J connectivity index is 1.95. The molecule has 1 aliphatic rings. The molecule has 116 valence electrons. The van der Waals surface area contributed by atoms with E-state index in [1.165, 1.54) is 29.2 Å². The number of benzene rings is 1. The van der Waals surface area contributed by atoms with Gasteiger partial charge in [-0.3, -0.25) is 4.79 Å². The van der Waals surface area contributed by atoms with E-state index in [1.807, 2.05) is 0 Å². The van der Waals surface area contributed by atoms with E-state index in [-0.39, 0.29) is 29.8 Å². The topological polar surface area (TPSA) is 63.7 Å². The van der Waals surface area contributed by atoms with Crippen LogP contribution in [0.25, 0.3) is 0 Å². The van der Waals surface area contributed by atoms with Gasteiger partial charge in [-0.2, -0.15) is 0 Å². The van der Waals surface area contributed by atoms with Crippen LogP contribution in [0.5, 0.6) is 5.75 Å². The fourth-order valence-corrected chi connectivity index (χ4v) is 4.51. The van der Waals surface area contributed by atoms with Gasteiger partial charge in [0.15, 0.2) is 16.4 Å². The van der Waals surface area contributed by atoms with Gasteiger partial charge >= 0.3 is 0 Å². The van der Waals surface area contributed by atoms with Crippen LogP contribution in [-0.2, 0) is 14.6 Å². The van der Waals surface area contributed by atoms with Crippen LogP contribution in [0.1, 0.15) is 13.3 Å². The molecule has 1 aliphatic heterocycles. The van der Waals surface area contributed by atoms with Crippen molar-refractivity contribution in [3.63, 3.8) is 0 Å². The van der Waals surface area contributed by atoms with Crippen LogP contribution in [0, 0.1) is 5.82 Å². The molecule has 1 amide bonds. The summed E-state index contributed by atoms with van der Waals surface area (Å²) in [6, 6.07) is 5.36. The molecule has 0 spiro atoms. The first-order valence-electron chi connectivity index (χ1n) is 6.57. The number of sulfone groups is 1. The fraction of sp³-hybridized carbons (Fsp3) is 0.500. The summed E-state index contributed by atoms with van der Waals surface area (Å²) >= 11 is 0. The van der Waals surface area contributed by atoms with Gasteiger partial charge in [-0.1, -0.05) is 0 Å². The molecule has 0 N–H and O–H groups in total. The highest BCUT2D eigenvalue weighted by Crippen LogP contribution is 2.28. The van der Waals surface area contributed by atoms with Crippen LogP contribution >= 0.6 is 0 Å². The molecule has 1 heterocycles. The third kappa shape index (κ3) is 3.72. The van der Waals surface area contributed by atoms with Crippen molar-refractivity contribution in [1.82, 2.24) is 4.90 Å². The summed E-state index contributed by atoms with van der Waals surface area (Å²) in [4.78, 5) is 13.6. The first kappa shape index (κ1) is 15.8. The Kier molecular flexibility index (Phi) is 4.22. The third-order valence-corrected chi connectivity index (χ3v) is 5.73. The van der Waals surface area contributed by atoms with Gasteiger partial charge in [-0.05, 0) is 37.6 Å². The summed E-state index contributed by atoms with van der Waals surface area (Å²) in [5.41, 5.74) is -0.692. The van der Waals surface area contributed by atoms with Gasteiger partial charge in [-0.25, -0.2) is 12.8 Å². The van der Waals surface area contributed by atoms with Crippen LogP contribution in [0.3, 0.4) is 0 Å². The Morgan fingerprint density at radius 2 is 2.00 bits per heavy atom. The van der Waals surface area contributed by atoms with Gasteiger partial charge < -0.3 is 9.64 Å². The molecule has 1 saturated heterocycles. The number of rotatable bonds is 4. The van der Waals surface area contributed by atoms with Crippen molar-refractivity contribution in [2.24, 2.45) is 0 Å². The smallest absolute Gasteiger partial charge is 0.260 e. The second-order valence-corrected chi connectivity index (χ2v) is 7.72. The van der Waals surface area contributed by atoms with E-state index >= 15 is 0 Å². The number of hydrogen-bond acceptors (Lipinski definition) is 4. The maximum absolute atomic E-state index is 12.8. The predicted molar refractivity (Wildman–Crippen MR) is 76.3 cm³/mol. The monoisotopic (exact) mass is 315 g/mol. The fourth-order valence-electron chi connectivity index (χ4n) is 2.33. The molecule has 0 saturated carbocycles. The zero-order valence-corrected chi connectivity index (χ0v) is 12.8. The number of ether oxygens (including phenoxy) is 1. The van der Waals surface area contributed by atoms with Crippen LogP contribution in [0.15, 0.2) is 24.3 Å². The van der Waals surface area contributed by atoms with Crippen molar-refractivity contribution >= 4 is 15.7 Å². The van der Waals surface area contributed by atoms with E-state index in [9.17, 15) is 17.6 Å². The second kappa shape index (κ2) is 5.63. The van der Waals surface area contributed by atoms with Crippen LogP contribution in [0.4, 0.5) is 4.39 Å². The minimum absolute atomic E-state index is 0.0290. The minimum atomic E-state index is -3.08. The van der Waals surface area contributed by atoms with Crippen molar-refractivity contribution in [3.8, 4) is 5.75 Å². The van der Waals surface area contributed by atoms with E-state index in [1.54, 1.807) is 14.0 Å². The van der Waals surface area contributed by atoms with Gasteiger partial charge in [0.1, 0.15) is 11.6 Å². The summed E-state index contributed by atoms with van der Waals surface area (Å²) in [7, 11) is -1.50. The number of amides is 1. The highest BCUT2D eigenvalue weighted by Gasteiger charge is 2.43. The number of halogens is 1. The van der Waals surface area contributed by atoms with Crippen molar-refractivity contribution in [2.75, 3.05) is 25.2 Å². The number of carbonyl (C=O) groups excluding carboxylic acids is 1. The molecule has 0 aliphatic carbocycles. The predicted octanol–water partition coefficient (Wildman–Crippen LogP) is 1.24. The molecule has 1 fully saturated rings. The maximum atomic E-state index is 12.8. The number of nitrogens with zero attached hydrogens (tertiary/aromatic N) is 1. The summed E-state index contributed by atoms with van der Waals surface area (Å²) in [6.07, 6.45) is 0.425. The molecule has 1 aromatic rings. The van der Waals surface area contributed by atoms with E-state index in [2.05, 4.69) is 0 Å². The van der Waals surface area contributed by atoms with Gasteiger partial charge in [0.25, 0.3) is 5.91 Å². The van der Waals surface area contributed by atoms with Crippen molar-refractivity contribution in [3.05, 3.63) is 30.1 Å². The number of hydrogen-bond donors (Lipinski definition) is 0. The molecule has 21 heavy (non-hydrogen) atoms. The van der Waals surface area contributed by atoms with Crippen molar-refractivity contribution in [2.45, 2.75) is 18.9 Å². The molecule has 1 aromatic carbocycles.